The topological polar surface area (TPSA) is 33.1 Å². The van der Waals surface area contributed by atoms with Crippen LogP contribution in [0.15, 0.2) is 34.5 Å². The largest absolute Gasteiger partial charge is 0.508 e. The highest BCUT2D eigenvalue weighted by molar-refractivity contribution is 7.98. The van der Waals surface area contributed by atoms with Gasteiger partial charge in [-0.05, 0) is 37.1 Å². The number of aromatic hydroxyl groups is 1. The number of thiazole rings is 1. The number of nitrogens with zero attached hydrogens (tertiary/aromatic N) is 1. The zero-order valence-corrected chi connectivity index (χ0v) is 11.4. The van der Waals surface area contributed by atoms with Gasteiger partial charge in [-0.15, -0.1) is 23.1 Å². The van der Waals surface area contributed by atoms with Crippen molar-refractivity contribution in [1.29, 1.82) is 0 Å². The van der Waals surface area contributed by atoms with E-state index in [1.54, 1.807) is 35.2 Å². The first-order valence-electron chi connectivity index (χ1n) is 5.63. The lowest BCUT2D eigenvalue weighted by Gasteiger charge is -1.99. The zero-order chi connectivity index (χ0) is 12.1. The van der Waals surface area contributed by atoms with Gasteiger partial charge in [-0.3, -0.25) is 0 Å². The van der Waals surface area contributed by atoms with Crippen molar-refractivity contribution in [3.8, 4) is 5.75 Å². The SMILES string of the molecule is CCCc1nc(CSc2ccc(O)cc2)cs1. The number of hydrogen-bond donors (Lipinski definition) is 1. The molecule has 0 unspecified atom stereocenters. The molecule has 1 N–H and O–H groups in total. The number of aromatic nitrogens is 1. The molecule has 2 rings (SSSR count). The van der Waals surface area contributed by atoms with Crippen LogP contribution in [0.4, 0.5) is 0 Å². The average Bonchev–Trinajstić information content (AvgIpc) is 2.77. The summed E-state index contributed by atoms with van der Waals surface area (Å²) < 4.78 is 0. The lowest BCUT2D eigenvalue weighted by molar-refractivity contribution is 0.475. The number of benzene rings is 1. The molecule has 0 amide bonds. The summed E-state index contributed by atoms with van der Waals surface area (Å²) in [7, 11) is 0. The lowest BCUT2D eigenvalue weighted by Crippen LogP contribution is -1.84. The Bertz CT molecular complexity index is 465. The van der Waals surface area contributed by atoms with Crippen LogP contribution in [0.5, 0.6) is 5.75 Å². The Morgan fingerprint density at radius 1 is 1.29 bits per heavy atom. The summed E-state index contributed by atoms with van der Waals surface area (Å²) >= 11 is 3.49. The molecule has 0 saturated heterocycles. The number of hydrogen-bond acceptors (Lipinski definition) is 4. The molecule has 2 aromatic rings. The molecule has 17 heavy (non-hydrogen) atoms. The third-order valence-electron chi connectivity index (χ3n) is 2.29. The summed E-state index contributed by atoms with van der Waals surface area (Å²) in [6, 6.07) is 7.29. The molecule has 0 aliphatic rings. The van der Waals surface area contributed by atoms with Crippen molar-refractivity contribution in [2.45, 2.75) is 30.4 Å². The molecule has 0 aliphatic heterocycles. The van der Waals surface area contributed by atoms with E-state index in [0.717, 1.165) is 29.2 Å². The Morgan fingerprint density at radius 2 is 2.06 bits per heavy atom. The van der Waals surface area contributed by atoms with Crippen molar-refractivity contribution in [1.82, 2.24) is 4.98 Å². The molecule has 4 heteroatoms. The van der Waals surface area contributed by atoms with E-state index < -0.39 is 0 Å². The van der Waals surface area contributed by atoms with E-state index in [9.17, 15) is 5.11 Å². The van der Waals surface area contributed by atoms with Crippen LogP contribution in [-0.4, -0.2) is 10.1 Å². The molecule has 0 fully saturated rings. The predicted molar refractivity (Wildman–Crippen MR) is 73.8 cm³/mol. The standard InChI is InChI=1S/C13H15NOS2/c1-2-3-13-14-10(9-17-13)8-16-12-6-4-11(15)5-7-12/h4-7,9,15H,2-3,8H2,1H3. The second-order valence-corrected chi connectivity index (χ2v) is 5.76. The normalized spacial score (nSPS) is 10.6. The fourth-order valence-electron chi connectivity index (χ4n) is 1.44. The first kappa shape index (κ1) is 12.5. The number of phenolic OH excluding ortho intramolecular Hbond substituents is 1. The molecule has 0 atom stereocenters. The zero-order valence-electron chi connectivity index (χ0n) is 9.72. The van der Waals surface area contributed by atoms with Crippen molar-refractivity contribution >= 4 is 23.1 Å². The van der Waals surface area contributed by atoms with E-state index >= 15 is 0 Å². The van der Waals surface area contributed by atoms with E-state index in [-0.39, 0.29) is 0 Å². The highest BCUT2D eigenvalue weighted by atomic mass is 32.2. The summed E-state index contributed by atoms with van der Waals surface area (Å²) in [5.41, 5.74) is 1.15. The minimum Gasteiger partial charge on any atom is -0.508 e. The van der Waals surface area contributed by atoms with Gasteiger partial charge >= 0.3 is 0 Å². The molecule has 0 aliphatic carbocycles. The smallest absolute Gasteiger partial charge is 0.115 e. The number of aryl methyl sites for hydroxylation is 1. The summed E-state index contributed by atoms with van der Waals surface area (Å²) in [6.45, 7) is 2.17. The Kier molecular flexibility index (Phi) is 4.45. The van der Waals surface area contributed by atoms with E-state index in [2.05, 4.69) is 17.3 Å². The maximum atomic E-state index is 9.18. The molecular formula is C13H15NOS2. The van der Waals surface area contributed by atoms with Crippen LogP contribution in [-0.2, 0) is 12.2 Å². The van der Waals surface area contributed by atoms with Gasteiger partial charge in [0, 0.05) is 16.0 Å². The summed E-state index contributed by atoms with van der Waals surface area (Å²) in [5, 5.41) is 12.6. The molecule has 90 valence electrons. The van der Waals surface area contributed by atoms with Gasteiger partial charge in [0.2, 0.25) is 0 Å². The van der Waals surface area contributed by atoms with Crippen LogP contribution < -0.4 is 0 Å². The van der Waals surface area contributed by atoms with Gasteiger partial charge in [0.1, 0.15) is 5.75 Å². The van der Waals surface area contributed by atoms with Gasteiger partial charge in [-0.1, -0.05) is 6.92 Å². The monoisotopic (exact) mass is 265 g/mol. The summed E-state index contributed by atoms with van der Waals surface area (Å²) in [5.74, 6) is 1.21. The summed E-state index contributed by atoms with van der Waals surface area (Å²) in [4.78, 5) is 5.74. The quantitative estimate of drug-likeness (QED) is 0.826. The first-order valence-corrected chi connectivity index (χ1v) is 7.49. The van der Waals surface area contributed by atoms with E-state index in [1.165, 1.54) is 5.01 Å². The molecule has 0 spiro atoms. The number of phenols is 1. The average molecular weight is 265 g/mol. The fourth-order valence-corrected chi connectivity index (χ4v) is 3.24. The maximum absolute atomic E-state index is 9.18. The van der Waals surface area contributed by atoms with Gasteiger partial charge in [0.25, 0.3) is 0 Å². The van der Waals surface area contributed by atoms with Crippen molar-refractivity contribution in [3.63, 3.8) is 0 Å². The fraction of sp³-hybridized carbons (Fsp3) is 0.308. The van der Waals surface area contributed by atoms with Crippen molar-refractivity contribution in [2.75, 3.05) is 0 Å². The molecule has 1 aromatic carbocycles. The Balaban J connectivity index is 1.90. The van der Waals surface area contributed by atoms with Gasteiger partial charge in [0.05, 0.1) is 10.7 Å². The molecule has 1 heterocycles. The number of rotatable bonds is 5. The highest BCUT2D eigenvalue weighted by Crippen LogP contribution is 2.25. The molecular weight excluding hydrogens is 250 g/mol. The molecule has 0 bridgehead atoms. The second kappa shape index (κ2) is 6.07. The highest BCUT2D eigenvalue weighted by Gasteiger charge is 2.02. The van der Waals surface area contributed by atoms with Crippen molar-refractivity contribution in [2.24, 2.45) is 0 Å². The van der Waals surface area contributed by atoms with Gasteiger partial charge in [0.15, 0.2) is 0 Å². The summed E-state index contributed by atoms with van der Waals surface area (Å²) in [6.07, 6.45) is 2.23. The Hall–Kier alpha value is -1.00. The van der Waals surface area contributed by atoms with Gasteiger partial charge in [-0.2, -0.15) is 0 Å². The van der Waals surface area contributed by atoms with E-state index in [4.69, 9.17) is 0 Å². The first-order chi connectivity index (χ1) is 8.28. The van der Waals surface area contributed by atoms with Gasteiger partial charge < -0.3 is 5.11 Å². The van der Waals surface area contributed by atoms with Crippen LogP contribution in [0.25, 0.3) is 0 Å². The van der Waals surface area contributed by atoms with Gasteiger partial charge in [-0.25, -0.2) is 4.98 Å². The van der Waals surface area contributed by atoms with Crippen LogP contribution in [0.1, 0.15) is 24.0 Å². The lowest BCUT2D eigenvalue weighted by atomic mass is 10.3. The van der Waals surface area contributed by atoms with Crippen LogP contribution >= 0.6 is 23.1 Å². The van der Waals surface area contributed by atoms with Crippen LogP contribution in [0.2, 0.25) is 0 Å². The van der Waals surface area contributed by atoms with Crippen molar-refractivity contribution in [3.05, 3.63) is 40.3 Å². The molecule has 0 radical (unpaired) electrons. The predicted octanol–water partition coefficient (Wildman–Crippen LogP) is 4.09. The number of thioether (sulfide) groups is 1. The molecule has 1 aromatic heterocycles. The second-order valence-electron chi connectivity index (χ2n) is 3.77. The Morgan fingerprint density at radius 3 is 2.76 bits per heavy atom. The molecule has 0 saturated carbocycles. The maximum Gasteiger partial charge on any atom is 0.115 e. The van der Waals surface area contributed by atoms with Crippen LogP contribution in [0, 0.1) is 0 Å². The minimum absolute atomic E-state index is 0.313. The van der Waals surface area contributed by atoms with E-state index in [1.807, 2.05) is 12.1 Å². The van der Waals surface area contributed by atoms with E-state index in [0.29, 0.717) is 5.75 Å². The molecule has 2 nitrogen and oxygen atoms in total. The third kappa shape index (κ3) is 3.75. The van der Waals surface area contributed by atoms with Crippen LogP contribution in [0.3, 0.4) is 0 Å². The van der Waals surface area contributed by atoms with Crippen molar-refractivity contribution < 1.29 is 5.11 Å². The third-order valence-corrected chi connectivity index (χ3v) is 4.29. The minimum atomic E-state index is 0.313. The Labute approximate surface area is 110 Å².